The molecule has 6 heteroatoms. The molecule has 0 radical (unpaired) electrons. The Morgan fingerprint density at radius 1 is 1.41 bits per heavy atom. The maximum Gasteiger partial charge on any atom is 0.238 e. The zero-order valence-electron chi connectivity index (χ0n) is 8.45. The number of halogens is 3. The molecule has 2 N–H and O–H groups in total. The summed E-state index contributed by atoms with van der Waals surface area (Å²) in [7, 11) is 0. The van der Waals surface area contributed by atoms with Gasteiger partial charge in [-0.2, -0.15) is 0 Å². The Morgan fingerprint density at radius 2 is 2.18 bits per heavy atom. The minimum absolute atomic E-state index is 0.173. The standard InChI is InChI=1S/C11H7BrClFN2O/c12-6-4-9(15)10(5-8(6)14)17-11-7(13)2-1-3-16-11/h1-5H,15H2. The molecule has 88 valence electrons. The maximum absolute atomic E-state index is 13.3. The van der Waals surface area contributed by atoms with Gasteiger partial charge >= 0.3 is 0 Å². The highest BCUT2D eigenvalue weighted by Gasteiger charge is 2.10. The minimum Gasteiger partial charge on any atom is -0.435 e. The van der Waals surface area contributed by atoms with Crippen molar-refractivity contribution in [3.8, 4) is 11.6 Å². The van der Waals surface area contributed by atoms with Crippen molar-refractivity contribution in [2.24, 2.45) is 0 Å². The van der Waals surface area contributed by atoms with Crippen molar-refractivity contribution in [1.82, 2.24) is 4.98 Å². The molecule has 2 aromatic rings. The molecule has 2 rings (SSSR count). The normalized spacial score (nSPS) is 10.3. The van der Waals surface area contributed by atoms with Crippen molar-refractivity contribution in [1.29, 1.82) is 0 Å². The highest BCUT2D eigenvalue weighted by atomic mass is 79.9. The molecule has 0 bridgehead atoms. The Bertz CT molecular complexity index is 565. The highest BCUT2D eigenvalue weighted by Crippen LogP contribution is 2.33. The van der Waals surface area contributed by atoms with Gasteiger partial charge < -0.3 is 10.5 Å². The average Bonchev–Trinajstić information content (AvgIpc) is 2.29. The van der Waals surface area contributed by atoms with Gasteiger partial charge in [-0.3, -0.25) is 0 Å². The third-order valence-electron chi connectivity index (χ3n) is 1.98. The summed E-state index contributed by atoms with van der Waals surface area (Å²) >= 11 is 8.89. The van der Waals surface area contributed by atoms with E-state index in [1.54, 1.807) is 12.1 Å². The van der Waals surface area contributed by atoms with Gasteiger partial charge in [-0.05, 0) is 34.1 Å². The summed E-state index contributed by atoms with van der Waals surface area (Å²) in [5.74, 6) is -0.116. The van der Waals surface area contributed by atoms with Crippen LogP contribution in [-0.2, 0) is 0 Å². The van der Waals surface area contributed by atoms with E-state index in [1.165, 1.54) is 18.3 Å². The van der Waals surface area contributed by atoms with Crippen molar-refractivity contribution >= 4 is 33.2 Å². The Balaban J connectivity index is 2.37. The summed E-state index contributed by atoms with van der Waals surface area (Å²) in [6.45, 7) is 0. The smallest absolute Gasteiger partial charge is 0.238 e. The molecule has 3 nitrogen and oxygen atoms in total. The van der Waals surface area contributed by atoms with E-state index >= 15 is 0 Å². The number of hydrogen-bond acceptors (Lipinski definition) is 3. The van der Waals surface area contributed by atoms with Crippen LogP contribution in [0.3, 0.4) is 0 Å². The van der Waals surface area contributed by atoms with E-state index in [0.717, 1.165) is 0 Å². The first-order valence-corrected chi connectivity index (χ1v) is 5.78. The second-order valence-corrected chi connectivity index (χ2v) is 4.46. The molecule has 1 aromatic carbocycles. The predicted molar refractivity (Wildman–Crippen MR) is 67.8 cm³/mol. The monoisotopic (exact) mass is 316 g/mol. The van der Waals surface area contributed by atoms with Crippen molar-refractivity contribution < 1.29 is 9.13 Å². The maximum atomic E-state index is 13.3. The van der Waals surface area contributed by atoms with Crippen LogP contribution in [0, 0.1) is 5.82 Å². The fourth-order valence-corrected chi connectivity index (χ4v) is 1.70. The van der Waals surface area contributed by atoms with Crippen molar-refractivity contribution in [2.75, 3.05) is 5.73 Å². The zero-order chi connectivity index (χ0) is 12.4. The number of nitrogen functional groups attached to an aromatic ring is 1. The second kappa shape index (κ2) is 4.89. The van der Waals surface area contributed by atoms with E-state index in [9.17, 15) is 4.39 Å². The first kappa shape index (κ1) is 12.1. The lowest BCUT2D eigenvalue weighted by Gasteiger charge is -2.09. The predicted octanol–water partition coefficient (Wildman–Crippen LogP) is 4.01. The molecule has 1 aromatic heterocycles. The number of nitrogens with two attached hydrogens (primary N) is 1. The Labute approximate surface area is 110 Å². The second-order valence-electron chi connectivity index (χ2n) is 3.20. The van der Waals surface area contributed by atoms with E-state index in [4.69, 9.17) is 22.1 Å². The quantitative estimate of drug-likeness (QED) is 0.851. The number of pyridine rings is 1. The summed E-state index contributed by atoms with van der Waals surface area (Å²) < 4.78 is 18.9. The molecular weight excluding hydrogens is 310 g/mol. The lowest BCUT2D eigenvalue weighted by Crippen LogP contribution is -1.95. The van der Waals surface area contributed by atoms with E-state index in [-0.39, 0.29) is 16.1 Å². The molecule has 17 heavy (non-hydrogen) atoms. The molecular formula is C11H7BrClFN2O. The third kappa shape index (κ3) is 2.68. The zero-order valence-corrected chi connectivity index (χ0v) is 10.8. The molecule has 0 atom stereocenters. The van der Waals surface area contributed by atoms with Gasteiger partial charge in [0.1, 0.15) is 10.8 Å². The van der Waals surface area contributed by atoms with E-state index in [2.05, 4.69) is 20.9 Å². The Hall–Kier alpha value is -1.33. The Morgan fingerprint density at radius 3 is 2.88 bits per heavy atom. The van der Waals surface area contributed by atoms with Crippen LogP contribution >= 0.6 is 27.5 Å². The van der Waals surface area contributed by atoms with Gasteiger partial charge in [0.15, 0.2) is 5.75 Å². The van der Waals surface area contributed by atoms with Gasteiger partial charge in [0, 0.05) is 12.3 Å². The fourth-order valence-electron chi connectivity index (χ4n) is 1.18. The minimum atomic E-state index is -0.471. The van der Waals surface area contributed by atoms with Crippen LogP contribution in [-0.4, -0.2) is 4.98 Å². The van der Waals surface area contributed by atoms with Crippen molar-refractivity contribution in [2.45, 2.75) is 0 Å². The molecule has 0 amide bonds. The summed E-state index contributed by atoms with van der Waals surface area (Å²) in [6.07, 6.45) is 1.52. The van der Waals surface area contributed by atoms with Crippen LogP contribution < -0.4 is 10.5 Å². The van der Waals surface area contributed by atoms with Gasteiger partial charge in [-0.25, -0.2) is 9.37 Å². The first-order valence-electron chi connectivity index (χ1n) is 4.61. The lowest BCUT2D eigenvalue weighted by atomic mass is 10.3. The number of aromatic nitrogens is 1. The fraction of sp³-hybridized carbons (Fsp3) is 0. The van der Waals surface area contributed by atoms with E-state index in [0.29, 0.717) is 10.7 Å². The third-order valence-corrected chi connectivity index (χ3v) is 2.88. The summed E-state index contributed by atoms with van der Waals surface area (Å²) in [6, 6.07) is 5.88. The van der Waals surface area contributed by atoms with Gasteiger partial charge in [-0.15, -0.1) is 0 Å². The van der Waals surface area contributed by atoms with Gasteiger partial charge in [0.25, 0.3) is 0 Å². The van der Waals surface area contributed by atoms with Crippen LogP contribution in [0.1, 0.15) is 0 Å². The van der Waals surface area contributed by atoms with E-state index < -0.39 is 5.82 Å². The van der Waals surface area contributed by atoms with E-state index in [1.807, 2.05) is 0 Å². The van der Waals surface area contributed by atoms with Crippen LogP contribution in [0.2, 0.25) is 5.02 Å². The van der Waals surface area contributed by atoms with Crippen LogP contribution in [0.4, 0.5) is 10.1 Å². The summed E-state index contributed by atoms with van der Waals surface area (Å²) in [5, 5.41) is 0.329. The molecule has 0 aliphatic carbocycles. The van der Waals surface area contributed by atoms with Crippen LogP contribution in [0.5, 0.6) is 11.6 Å². The van der Waals surface area contributed by atoms with Gasteiger partial charge in [0.05, 0.1) is 10.2 Å². The molecule has 0 saturated carbocycles. The SMILES string of the molecule is Nc1cc(Br)c(F)cc1Oc1ncccc1Cl. The highest BCUT2D eigenvalue weighted by molar-refractivity contribution is 9.10. The average molecular weight is 318 g/mol. The summed E-state index contributed by atoms with van der Waals surface area (Å²) in [5.41, 5.74) is 5.99. The van der Waals surface area contributed by atoms with Gasteiger partial charge in [-0.1, -0.05) is 11.6 Å². The van der Waals surface area contributed by atoms with Crippen LogP contribution in [0.15, 0.2) is 34.9 Å². The lowest BCUT2D eigenvalue weighted by molar-refractivity contribution is 0.460. The number of nitrogens with zero attached hydrogens (tertiary/aromatic N) is 1. The molecule has 0 aliphatic rings. The van der Waals surface area contributed by atoms with Crippen LogP contribution in [0.25, 0.3) is 0 Å². The number of benzene rings is 1. The molecule has 0 unspecified atom stereocenters. The molecule has 0 fully saturated rings. The number of ether oxygens (including phenoxy) is 1. The van der Waals surface area contributed by atoms with Crippen molar-refractivity contribution in [3.05, 3.63) is 45.8 Å². The molecule has 1 heterocycles. The van der Waals surface area contributed by atoms with Gasteiger partial charge in [0.2, 0.25) is 5.88 Å². The molecule has 0 saturated heterocycles. The molecule has 0 spiro atoms. The largest absolute Gasteiger partial charge is 0.435 e. The Kier molecular flexibility index (Phi) is 3.49. The summed E-state index contributed by atoms with van der Waals surface area (Å²) in [4.78, 5) is 3.92. The molecule has 0 aliphatic heterocycles. The number of hydrogen-bond donors (Lipinski definition) is 1. The first-order chi connectivity index (χ1) is 8.08. The number of rotatable bonds is 2. The van der Waals surface area contributed by atoms with Crippen molar-refractivity contribution in [3.63, 3.8) is 0 Å². The number of anilines is 1. The topological polar surface area (TPSA) is 48.1 Å².